The number of anilines is 1. The number of nitrogens with two attached hydrogens (primary N) is 1. The number of carbonyl (C=O) groups is 1. The van der Waals surface area contributed by atoms with E-state index in [9.17, 15) is 19.2 Å². The summed E-state index contributed by atoms with van der Waals surface area (Å²) in [5.41, 5.74) is 4.06. The second kappa shape index (κ2) is 9.98. The van der Waals surface area contributed by atoms with Gasteiger partial charge >= 0.3 is 5.69 Å². The highest BCUT2D eigenvalue weighted by Crippen LogP contribution is 2.21. The van der Waals surface area contributed by atoms with Gasteiger partial charge in [0, 0.05) is 18.7 Å². The summed E-state index contributed by atoms with van der Waals surface area (Å²) in [7, 11) is 1.45. The normalized spacial score (nSPS) is 11.1. The average Bonchev–Trinajstić information content (AvgIpc) is 2.74. The van der Waals surface area contributed by atoms with E-state index in [4.69, 9.17) is 22.1 Å². The summed E-state index contributed by atoms with van der Waals surface area (Å²) < 4.78 is 7.36. The van der Waals surface area contributed by atoms with Gasteiger partial charge < -0.3 is 10.5 Å². The first kappa shape index (κ1) is 23.5. The van der Waals surface area contributed by atoms with Crippen molar-refractivity contribution in [2.24, 2.45) is 0 Å². The lowest BCUT2D eigenvalue weighted by molar-refractivity contribution is 0.102. The summed E-state index contributed by atoms with van der Waals surface area (Å²) in [6, 6.07) is 4.72. The molecule has 0 aliphatic heterocycles. The molecule has 0 amide bonds. The Bertz CT molecular complexity index is 1380. The van der Waals surface area contributed by atoms with Gasteiger partial charge in [0.15, 0.2) is 10.9 Å². The number of allylic oxidation sites excluding steroid dienone is 1. The van der Waals surface area contributed by atoms with Crippen LogP contribution >= 0.6 is 23.4 Å². The second-order valence-electron chi connectivity index (χ2n) is 6.64. The summed E-state index contributed by atoms with van der Waals surface area (Å²) in [6.07, 6.45) is 1.53. The maximum Gasteiger partial charge on any atom is 0.330 e. The van der Waals surface area contributed by atoms with Crippen LogP contribution in [0.3, 0.4) is 0 Å². The number of rotatable bonds is 9. The quantitative estimate of drug-likeness (QED) is 0.203. The summed E-state index contributed by atoms with van der Waals surface area (Å²) in [5.74, 6) is -1.11. The number of aromatic amines is 1. The van der Waals surface area contributed by atoms with E-state index in [-0.39, 0.29) is 47.5 Å². The minimum absolute atomic E-state index is 0.0667. The molecule has 0 saturated carbocycles. The van der Waals surface area contributed by atoms with Crippen LogP contribution in [0, 0.1) is 0 Å². The number of aromatic nitrogens is 4. The number of Topliss-reactive ketones (excluding diaryl/α,β-unsaturated/α-hetero) is 1. The van der Waals surface area contributed by atoms with E-state index >= 15 is 0 Å². The first-order valence-electron chi connectivity index (χ1n) is 9.37. The number of ketones is 1. The first-order valence-corrected chi connectivity index (χ1v) is 10.7. The number of hydrogen-bond acceptors (Lipinski definition) is 8. The van der Waals surface area contributed by atoms with E-state index in [1.54, 1.807) is 18.2 Å². The lowest BCUT2D eigenvalue weighted by atomic mass is 10.2. The topological polar surface area (TPSA) is 142 Å². The molecule has 3 rings (SSSR count). The Balaban J connectivity index is 1.98. The number of ether oxygens (including phenoxy) is 1. The van der Waals surface area contributed by atoms with Crippen LogP contribution in [-0.2, 0) is 17.8 Å². The van der Waals surface area contributed by atoms with Crippen LogP contribution in [0.25, 0.3) is 10.9 Å². The molecule has 1 aromatic carbocycles. The molecule has 0 fully saturated rings. The molecule has 0 saturated heterocycles. The van der Waals surface area contributed by atoms with Crippen molar-refractivity contribution < 1.29 is 9.53 Å². The third kappa shape index (κ3) is 4.69. The van der Waals surface area contributed by atoms with Gasteiger partial charge in [-0.2, -0.15) is 0 Å². The number of benzene rings is 1. The van der Waals surface area contributed by atoms with Gasteiger partial charge in [-0.3, -0.25) is 28.5 Å². The highest BCUT2D eigenvalue weighted by atomic mass is 35.5. The zero-order chi connectivity index (χ0) is 23.4. The minimum atomic E-state index is -0.881. The largest absolute Gasteiger partial charge is 0.384 e. The Morgan fingerprint density at radius 3 is 2.78 bits per heavy atom. The van der Waals surface area contributed by atoms with Crippen molar-refractivity contribution in [1.29, 1.82) is 0 Å². The maximum absolute atomic E-state index is 12.9. The fourth-order valence-electron chi connectivity index (χ4n) is 3.04. The molecule has 0 bridgehead atoms. The highest BCUT2D eigenvalue weighted by molar-refractivity contribution is 7.99. The molecule has 2 aromatic heterocycles. The van der Waals surface area contributed by atoms with Gasteiger partial charge in [-0.15, -0.1) is 6.58 Å². The van der Waals surface area contributed by atoms with Crippen molar-refractivity contribution >= 4 is 45.9 Å². The van der Waals surface area contributed by atoms with Crippen LogP contribution in [0.15, 0.2) is 50.4 Å². The highest BCUT2D eigenvalue weighted by Gasteiger charge is 2.21. The van der Waals surface area contributed by atoms with Crippen molar-refractivity contribution in [3.63, 3.8) is 0 Å². The summed E-state index contributed by atoms with van der Waals surface area (Å²) in [4.78, 5) is 56.5. The Morgan fingerprint density at radius 2 is 2.09 bits per heavy atom. The number of hydrogen-bond donors (Lipinski definition) is 2. The van der Waals surface area contributed by atoms with Gasteiger partial charge in [-0.25, -0.2) is 9.78 Å². The molecular formula is C20H20ClN5O5S. The number of halogens is 1. The number of methoxy groups -OCH3 is 1. The molecule has 0 atom stereocenters. The second-order valence-corrected chi connectivity index (χ2v) is 8.02. The van der Waals surface area contributed by atoms with Crippen LogP contribution in [0.1, 0.15) is 10.4 Å². The van der Waals surface area contributed by atoms with Crippen LogP contribution < -0.4 is 22.5 Å². The minimum Gasteiger partial charge on any atom is -0.384 e. The summed E-state index contributed by atoms with van der Waals surface area (Å²) in [5, 5.41) is 1.04. The van der Waals surface area contributed by atoms with Crippen LogP contribution in [0.5, 0.6) is 0 Å². The Hall–Kier alpha value is -3.15. The van der Waals surface area contributed by atoms with E-state index in [1.807, 2.05) is 0 Å². The lowest BCUT2D eigenvalue weighted by Gasteiger charge is -2.13. The third-order valence-electron chi connectivity index (χ3n) is 4.56. The molecule has 0 aliphatic rings. The molecule has 3 N–H and O–H groups in total. The number of H-pyrrole nitrogens is 1. The molecule has 168 valence electrons. The van der Waals surface area contributed by atoms with Crippen molar-refractivity contribution in [1.82, 2.24) is 19.1 Å². The van der Waals surface area contributed by atoms with Gasteiger partial charge in [0.2, 0.25) is 0 Å². The molecule has 0 spiro atoms. The molecule has 0 radical (unpaired) electrons. The smallest absolute Gasteiger partial charge is 0.330 e. The Morgan fingerprint density at radius 1 is 1.34 bits per heavy atom. The summed E-state index contributed by atoms with van der Waals surface area (Å²) in [6.45, 7) is 4.05. The zero-order valence-electron chi connectivity index (χ0n) is 17.1. The molecular weight excluding hydrogens is 458 g/mol. The third-order valence-corrected chi connectivity index (χ3v) is 5.78. The summed E-state index contributed by atoms with van der Waals surface area (Å²) >= 11 is 6.98. The fourth-order valence-corrected chi connectivity index (χ4v) is 4.09. The van der Waals surface area contributed by atoms with Gasteiger partial charge in [-0.1, -0.05) is 29.4 Å². The molecule has 12 heteroatoms. The van der Waals surface area contributed by atoms with E-state index in [1.165, 1.54) is 17.8 Å². The molecule has 0 unspecified atom stereocenters. The van der Waals surface area contributed by atoms with Gasteiger partial charge in [0.05, 0.1) is 29.8 Å². The van der Waals surface area contributed by atoms with Gasteiger partial charge in [0.25, 0.3) is 11.1 Å². The van der Waals surface area contributed by atoms with E-state index < -0.39 is 17.0 Å². The van der Waals surface area contributed by atoms with Crippen LogP contribution in [0.4, 0.5) is 5.82 Å². The number of carbonyl (C=O) groups excluding carboxylic acids is 1. The van der Waals surface area contributed by atoms with E-state index in [0.29, 0.717) is 15.9 Å². The Labute approximate surface area is 190 Å². The molecule has 10 nitrogen and oxygen atoms in total. The number of nitrogens with zero attached hydrogens (tertiary/aromatic N) is 3. The predicted octanol–water partition coefficient (Wildman–Crippen LogP) is 1.29. The number of nitrogen functional groups attached to an aromatic ring is 1. The van der Waals surface area contributed by atoms with Crippen molar-refractivity contribution in [2.75, 3.05) is 25.2 Å². The van der Waals surface area contributed by atoms with Gasteiger partial charge in [0.1, 0.15) is 11.4 Å². The number of thioether (sulfide) groups is 1. The number of nitrogens with one attached hydrogen (secondary N) is 1. The fraction of sp³-hybridized carbons (Fsp3) is 0.250. The van der Waals surface area contributed by atoms with Gasteiger partial charge in [-0.05, 0) is 18.2 Å². The average molecular weight is 478 g/mol. The van der Waals surface area contributed by atoms with E-state index in [2.05, 4.69) is 16.5 Å². The maximum atomic E-state index is 12.9. The molecule has 0 aliphatic carbocycles. The lowest BCUT2D eigenvalue weighted by Crippen LogP contribution is -2.37. The van der Waals surface area contributed by atoms with E-state index in [0.717, 1.165) is 16.3 Å². The molecule has 32 heavy (non-hydrogen) atoms. The van der Waals surface area contributed by atoms with Crippen molar-refractivity contribution in [2.45, 2.75) is 18.2 Å². The zero-order valence-corrected chi connectivity index (χ0v) is 18.7. The standard InChI is InChI=1S/C20H20ClN5O5S/c1-3-6-26-18(29)12-5-4-11(21)9-13(12)23-20(26)32-10-14(27)15-16(22)25(7-8-31-2)19(30)24-17(15)28/h3-5,9H,1,6-8,10,22H2,2H3,(H,24,28,30). The molecule has 2 heterocycles. The predicted molar refractivity (Wildman–Crippen MR) is 124 cm³/mol. The first-order chi connectivity index (χ1) is 15.3. The van der Waals surface area contributed by atoms with Crippen molar-refractivity contribution in [3.8, 4) is 0 Å². The monoisotopic (exact) mass is 477 g/mol. The van der Waals surface area contributed by atoms with Crippen LogP contribution in [0.2, 0.25) is 5.02 Å². The Kier molecular flexibility index (Phi) is 7.33. The molecule has 3 aromatic rings. The van der Waals surface area contributed by atoms with Crippen LogP contribution in [-0.4, -0.2) is 44.4 Å². The SMILES string of the molecule is C=CCn1c(SCC(=O)c2c(N)n(CCOC)c(=O)[nH]c2=O)nc2cc(Cl)ccc2c1=O. The number of fused-ring (bicyclic) bond motifs is 1. The van der Waals surface area contributed by atoms with Crippen molar-refractivity contribution in [3.05, 3.63) is 72.6 Å².